The number of hydrogen-bond acceptors (Lipinski definition) is 4. The van der Waals surface area contributed by atoms with Gasteiger partial charge in [0.15, 0.2) is 0 Å². The fourth-order valence-electron chi connectivity index (χ4n) is 2.36. The molecule has 19 heavy (non-hydrogen) atoms. The van der Waals surface area contributed by atoms with Crippen LogP contribution in [0.15, 0.2) is 18.2 Å². The van der Waals surface area contributed by atoms with Gasteiger partial charge in [0, 0.05) is 24.2 Å². The number of rotatable bonds is 3. The second-order valence-electron chi connectivity index (χ2n) is 5.43. The summed E-state index contributed by atoms with van der Waals surface area (Å²) in [5.74, 6) is 0.835. The molecule has 0 bridgehead atoms. The summed E-state index contributed by atoms with van der Waals surface area (Å²) >= 11 is 0. The van der Waals surface area contributed by atoms with Crippen LogP contribution in [-0.2, 0) is 11.3 Å². The van der Waals surface area contributed by atoms with Gasteiger partial charge in [-0.1, -0.05) is 0 Å². The van der Waals surface area contributed by atoms with Crippen LogP contribution >= 0.6 is 0 Å². The lowest BCUT2D eigenvalue weighted by Crippen LogP contribution is -2.52. The Bertz CT molecular complexity index is 491. The fraction of sp³-hybridized carbons (Fsp3) is 0.533. The summed E-state index contributed by atoms with van der Waals surface area (Å²) in [6.45, 7) is 7.50. The van der Waals surface area contributed by atoms with Gasteiger partial charge in [-0.3, -0.25) is 4.90 Å². The summed E-state index contributed by atoms with van der Waals surface area (Å²) < 4.78 is 10.9. The lowest BCUT2D eigenvalue weighted by atomic mass is 10.0. The van der Waals surface area contributed by atoms with Gasteiger partial charge in [-0.2, -0.15) is 5.26 Å². The smallest absolute Gasteiger partial charge is 0.123 e. The highest BCUT2D eigenvalue weighted by Gasteiger charge is 2.30. The van der Waals surface area contributed by atoms with E-state index in [4.69, 9.17) is 14.7 Å². The van der Waals surface area contributed by atoms with Crippen molar-refractivity contribution in [1.29, 1.82) is 5.26 Å². The lowest BCUT2D eigenvalue weighted by molar-refractivity contribution is -0.0555. The first-order valence-corrected chi connectivity index (χ1v) is 6.46. The van der Waals surface area contributed by atoms with E-state index >= 15 is 0 Å². The molecule has 1 aromatic carbocycles. The Hall–Kier alpha value is -1.57. The number of benzene rings is 1. The average Bonchev–Trinajstić information content (AvgIpc) is 2.41. The van der Waals surface area contributed by atoms with E-state index in [1.807, 2.05) is 12.1 Å². The Labute approximate surface area is 114 Å². The Balaban J connectivity index is 2.24. The maximum absolute atomic E-state index is 9.01. The summed E-state index contributed by atoms with van der Waals surface area (Å²) in [4.78, 5) is 2.37. The molecule has 0 saturated carbocycles. The second kappa shape index (κ2) is 5.60. The molecule has 4 heteroatoms. The first kappa shape index (κ1) is 13.9. The van der Waals surface area contributed by atoms with Crippen molar-refractivity contribution in [2.45, 2.75) is 25.9 Å². The largest absolute Gasteiger partial charge is 0.496 e. The van der Waals surface area contributed by atoms with Crippen LogP contribution in [0, 0.1) is 11.3 Å². The molecule has 0 spiro atoms. The van der Waals surface area contributed by atoms with Gasteiger partial charge < -0.3 is 9.47 Å². The van der Waals surface area contributed by atoms with Gasteiger partial charge in [0.2, 0.25) is 0 Å². The summed E-state index contributed by atoms with van der Waals surface area (Å²) in [5.41, 5.74) is 1.73. The van der Waals surface area contributed by atoms with Crippen molar-refractivity contribution in [1.82, 2.24) is 4.90 Å². The van der Waals surface area contributed by atoms with E-state index in [-0.39, 0.29) is 5.54 Å². The summed E-state index contributed by atoms with van der Waals surface area (Å²) in [5, 5.41) is 9.01. The normalized spacial score (nSPS) is 18.8. The summed E-state index contributed by atoms with van der Waals surface area (Å²) in [6, 6.07) is 7.73. The van der Waals surface area contributed by atoms with Gasteiger partial charge >= 0.3 is 0 Å². The molecule has 0 N–H and O–H groups in total. The standard InChI is InChI=1S/C15H20N2O2/c1-15(2)11-19-7-6-17(15)10-13-8-12(9-16)4-5-14(13)18-3/h4-5,8H,6-7,10-11H2,1-3H3. The molecule has 0 aliphatic carbocycles. The molecule has 1 saturated heterocycles. The molecule has 0 amide bonds. The first-order valence-electron chi connectivity index (χ1n) is 6.46. The summed E-state index contributed by atoms with van der Waals surface area (Å²) in [7, 11) is 1.66. The Morgan fingerprint density at radius 1 is 1.47 bits per heavy atom. The monoisotopic (exact) mass is 260 g/mol. The van der Waals surface area contributed by atoms with E-state index in [9.17, 15) is 0 Å². The highest BCUT2D eigenvalue weighted by Crippen LogP contribution is 2.26. The fourth-order valence-corrected chi connectivity index (χ4v) is 2.36. The third-order valence-electron chi connectivity index (χ3n) is 3.59. The van der Waals surface area contributed by atoms with Gasteiger partial charge in [-0.25, -0.2) is 0 Å². The van der Waals surface area contributed by atoms with Gasteiger partial charge in [-0.05, 0) is 32.0 Å². The SMILES string of the molecule is COc1ccc(C#N)cc1CN1CCOCC1(C)C. The Kier molecular flexibility index (Phi) is 4.08. The van der Waals surface area contributed by atoms with E-state index in [0.717, 1.165) is 37.6 Å². The topological polar surface area (TPSA) is 45.5 Å². The van der Waals surface area contributed by atoms with Crippen LogP contribution < -0.4 is 4.74 Å². The number of ether oxygens (including phenoxy) is 2. The van der Waals surface area contributed by atoms with Crippen molar-refractivity contribution in [3.8, 4) is 11.8 Å². The van der Waals surface area contributed by atoms with E-state index in [1.165, 1.54) is 0 Å². The van der Waals surface area contributed by atoms with Crippen molar-refractivity contribution < 1.29 is 9.47 Å². The Morgan fingerprint density at radius 2 is 2.26 bits per heavy atom. The van der Waals surface area contributed by atoms with Crippen LogP contribution in [0.3, 0.4) is 0 Å². The minimum atomic E-state index is 0.00586. The molecule has 4 nitrogen and oxygen atoms in total. The van der Waals surface area contributed by atoms with Crippen molar-refractivity contribution >= 4 is 0 Å². The highest BCUT2D eigenvalue weighted by atomic mass is 16.5. The van der Waals surface area contributed by atoms with Crippen LogP contribution in [-0.4, -0.2) is 37.3 Å². The van der Waals surface area contributed by atoms with Gasteiger partial charge in [0.25, 0.3) is 0 Å². The maximum Gasteiger partial charge on any atom is 0.123 e. The number of nitriles is 1. The predicted octanol–water partition coefficient (Wildman–Crippen LogP) is 2.18. The molecule has 1 aliphatic rings. The van der Waals surface area contributed by atoms with Gasteiger partial charge in [-0.15, -0.1) is 0 Å². The van der Waals surface area contributed by atoms with Crippen molar-refractivity contribution in [2.75, 3.05) is 26.9 Å². The van der Waals surface area contributed by atoms with Crippen LogP contribution in [0.4, 0.5) is 0 Å². The van der Waals surface area contributed by atoms with Crippen LogP contribution in [0.5, 0.6) is 5.75 Å². The molecule has 0 unspecified atom stereocenters. The molecular weight excluding hydrogens is 240 g/mol. The quantitative estimate of drug-likeness (QED) is 0.835. The molecule has 0 radical (unpaired) electrons. The third kappa shape index (κ3) is 3.06. The number of nitrogens with zero attached hydrogens (tertiary/aromatic N) is 2. The average molecular weight is 260 g/mol. The first-order chi connectivity index (χ1) is 9.06. The molecule has 2 rings (SSSR count). The second-order valence-corrected chi connectivity index (χ2v) is 5.43. The zero-order chi connectivity index (χ0) is 13.9. The molecule has 1 aromatic rings. The van der Waals surface area contributed by atoms with Gasteiger partial charge in [0.05, 0.1) is 32.0 Å². The molecular formula is C15H20N2O2. The molecule has 1 fully saturated rings. The van der Waals surface area contributed by atoms with Crippen molar-refractivity contribution in [3.05, 3.63) is 29.3 Å². The van der Waals surface area contributed by atoms with Gasteiger partial charge in [0.1, 0.15) is 5.75 Å². The minimum Gasteiger partial charge on any atom is -0.496 e. The van der Waals surface area contributed by atoms with Crippen LogP contribution in [0.25, 0.3) is 0 Å². The number of hydrogen-bond donors (Lipinski definition) is 0. The minimum absolute atomic E-state index is 0.00586. The summed E-state index contributed by atoms with van der Waals surface area (Å²) in [6.07, 6.45) is 0. The number of methoxy groups -OCH3 is 1. The van der Waals surface area contributed by atoms with E-state index < -0.39 is 0 Å². The molecule has 1 heterocycles. The number of morpholine rings is 1. The maximum atomic E-state index is 9.01. The van der Waals surface area contributed by atoms with Crippen LogP contribution in [0.2, 0.25) is 0 Å². The van der Waals surface area contributed by atoms with Crippen molar-refractivity contribution in [3.63, 3.8) is 0 Å². The zero-order valence-corrected chi connectivity index (χ0v) is 11.8. The van der Waals surface area contributed by atoms with E-state index in [2.05, 4.69) is 24.8 Å². The lowest BCUT2D eigenvalue weighted by Gasteiger charge is -2.42. The molecule has 0 atom stereocenters. The third-order valence-corrected chi connectivity index (χ3v) is 3.59. The van der Waals surface area contributed by atoms with Crippen LogP contribution in [0.1, 0.15) is 25.0 Å². The highest BCUT2D eigenvalue weighted by molar-refractivity contribution is 5.42. The predicted molar refractivity (Wildman–Crippen MR) is 73.0 cm³/mol. The molecule has 102 valence electrons. The molecule has 0 aromatic heterocycles. The molecule has 1 aliphatic heterocycles. The van der Waals surface area contributed by atoms with E-state index in [1.54, 1.807) is 13.2 Å². The zero-order valence-electron chi connectivity index (χ0n) is 11.8. The van der Waals surface area contributed by atoms with E-state index in [0.29, 0.717) is 5.56 Å². The Morgan fingerprint density at radius 3 is 2.89 bits per heavy atom. The van der Waals surface area contributed by atoms with Crippen molar-refractivity contribution in [2.24, 2.45) is 0 Å².